The summed E-state index contributed by atoms with van der Waals surface area (Å²) in [5, 5.41) is 11.0. The zero-order chi connectivity index (χ0) is 15.0. The molecular formula is C14H10ClNO3S2. The normalized spacial score (nSPS) is 11.0. The summed E-state index contributed by atoms with van der Waals surface area (Å²) in [4.78, 5) is 17.0. The first-order chi connectivity index (χ1) is 10.0. The second kappa shape index (κ2) is 5.63. The second-order valence-electron chi connectivity index (χ2n) is 4.46. The lowest BCUT2D eigenvalue weighted by Crippen LogP contribution is -2.01. The van der Waals surface area contributed by atoms with E-state index in [1.54, 1.807) is 6.07 Å². The van der Waals surface area contributed by atoms with E-state index in [0.29, 0.717) is 21.7 Å². The number of nitrogens with zero attached hydrogens (tertiary/aromatic N) is 1. The fraction of sp³-hybridized carbons (Fsp3) is 0.143. The van der Waals surface area contributed by atoms with Gasteiger partial charge in [-0.15, -0.1) is 22.7 Å². The Hall–Kier alpha value is -1.63. The molecule has 3 rings (SSSR count). The van der Waals surface area contributed by atoms with Crippen LogP contribution in [0, 0.1) is 6.92 Å². The zero-order valence-corrected chi connectivity index (χ0v) is 13.3. The number of aromatic nitrogens is 1. The Bertz CT molecular complexity index is 803. The number of carboxylic acid groups (broad SMARTS) is 1. The average Bonchev–Trinajstić information content (AvgIpc) is 3.09. The summed E-state index contributed by atoms with van der Waals surface area (Å²) in [6.07, 6.45) is -0.182. The molecule has 0 fully saturated rings. The average molecular weight is 340 g/mol. The predicted octanol–water partition coefficient (Wildman–Crippen LogP) is 4.72. The lowest BCUT2D eigenvalue weighted by molar-refractivity contribution is -0.136. The maximum Gasteiger partial charge on any atom is 0.309 e. The van der Waals surface area contributed by atoms with Gasteiger partial charge in [0.05, 0.1) is 26.2 Å². The van der Waals surface area contributed by atoms with Crippen LogP contribution in [0.15, 0.2) is 28.0 Å². The van der Waals surface area contributed by atoms with Gasteiger partial charge in [-0.2, -0.15) is 0 Å². The standard InChI is InChI=1S/C14H10ClNO3S2/c1-7-4-10(20-6-7)14-16-8(5-12(17)18)13(19-14)9-2-3-11(15)21-9/h2-4,6H,5H2,1H3,(H,17,18). The highest BCUT2D eigenvalue weighted by Crippen LogP contribution is 2.37. The molecule has 0 aliphatic rings. The van der Waals surface area contributed by atoms with Crippen LogP contribution in [0.1, 0.15) is 11.3 Å². The monoisotopic (exact) mass is 339 g/mol. The molecule has 0 saturated heterocycles. The van der Waals surface area contributed by atoms with Gasteiger partial charge in [0.1, 0.15) is 0 Å². The van der Waals surface area contributed by atoms with Crippen LogP contribution < -0.4 is 0 Å². The Kier molecular flexibility index (Phi) is 3.84. The lowest BCUT2D eigenvalue weighted by atomic mass is 10.2. The van der Waals surface area contributed by atoms with Crippen molar-refractivity contribution in [2.75, 3.05) is 0 Å². The van der Waals surface area contributed by atoms with Gasteiger partial charge in [0.15, 0.2) is 5.76 Å². The Morgan fingerprint density at radius 3 is 2.81 bits per heavy atom. The second-order valence-corrected chi connectivity index (χ2v) is 7.08. The van der Waals surface area contributed by atoms with Crippen molar-refractivity contribution in [2.24, 2.45) is 0 Å². The number of hydrogen-bond donors (Lipinski definition) is 1. The molecule has 4 nitrogen and oxygen atoms in total. The first kappa shape index (κ1) is 14.3. The lowest BCUT2D eigenvalue weighted by Gasteiger charge is -1.94. The fourth-order valence-corrected chi connectivity index (χ4v) is 3.76. The fourth-order valence-electron chi connectivity index (χ4n) is 1.89. The van der Waals surface area contributed by atoms with Crippen LogP contribution in [0.4, 0.5) is 0 Å². The highest BCUT2D eigenvalue weighted by atomic mass is 35.5. The zero-order valence-electron chi connectivity index (χ0n) is 10.9. The number of carbonyl (C=O) groups is 1. The van der Waals surface area contributed by atoms with E-state index < -0.39 is 5.97 Å². The third-order valence-corrected chi connectivity index (χ3v) is 5.02. The quantitative estimate of drug-likeness (QED) is 0.747. The van der Waals surface area contributed by atoms with Crippen LogP contribution in [-0.2, 0) is 11.2 Å². The molecule has 1 N–H and O–H groups in total. The van der Waals surface area contributed by atoms with E-state index in [-0.39, 0.29) is 6.42 Å². The molecule has 3 heterocycles. The van der Waals surface area contributed by atoms with Crippen molar-refractivity contribution in [2.45, 2.75) is 13.3 Å². The van der Waals surface area contributed by atoms with E-state index in [2.05, 4.69) is 4.98 Å². The molecule has 0 amide bonds. The highest BCUT2D eigenvalue weighted by Gasteiger charge is 2.20. The molecule has 0 atom stereocenters. The van der Waals surface area contributed by atoms with Gasteiger partial charge in [0.2, 0.25) is 5.89 Å². The minimum Gasteiger partial charge on any atom is -0.481 e. The van der Waals surface area contributed by atoms with E-state index in [1.165, 1.54) is 22.7 Å². The number of halogens is 1. The van der Waals surface area contributed by atoms with Crippen molar-refractivity contribution in [3.8, 4) is 21.4 Å². The van der Waals surface area contributed by atoms with Crippen LogP contribution in [-0.4, -0.2) is 16.1 Å². The molecule has 0 spiro atoms. The number of thiophene rings is 2. The predicted molar refractivity (Wildman–Crippen MR) is 84.2 cm³/mol. The van der Waals surface area contributed by atoms with Gasteiger partial charge in [-0.25, -0.2) is 4.98 Å². The van der Waals surface area contributed by atoms with Crippen LogP contribution in [0.25, 0.3) is 21.4 Å². The molecule has 7 heteroatoms. The Morgan fingerprint density at radius 1 is 1.43 bits per heavy atom. The Balaban J connectivity index is 2.08. The van der Waals surface area contributed by atoms with Crippen molar-refractivity contribution in [3.63, 3.8) is 0 Å². The molecule has 108 valence electrons. The number of hydrogen-bond acceptors (Lipinski definition) is 5. The molecule has 0 aromatic carbocycles. The van der Waals surface area contributed by atoms with Crippen molar-refractivity contribution in [3.05, 3.63) is 39.2 Å². The molecule has 0 bridgehead atoms. The van der Waals surface area contributed by atoms with Crippen molar-refractivity contribution in [1.82, 2.24) is 4.98 Å². The summed E-state index contributed by atoms with van der Waals surface area (Å²) in [5.74, 6) is -0.0136. The molecular weight excluding hydrogens is 330 g/mol. The summed E-state index contributed by atoms with van der Waals surface area (Å²) in [6.45, 7) is 1.99. The van der Waals surface area contributed by atoms with Gasteiger partial charge in [-0.3, -0.25) is 4.79 Å². The summed E-state index contributed by atoms with van der Waals surface area (Å²) in [6, 6.07) is 5.53. The van der Waals surface area contributed by atoms with E-state index in [4.69, 9.17) is 21.1 Å². The minimum absolute atomic E-state index is 0.182. The van der Waals surface area contributed by atoms with Crippen LogP contribution in [0.3, 0.4) is 0 Å². The molecule has 0 saturated carbocycles. The number of oxazole rings is 1. The number of aliphatic carboxylic acids is 1. The number of aryl methyl sites for hydroxylation is 1. The number of rotatable bonds is 4. The van der Waals surface area contributed by atoms with Crippen LogP contribution in [0.5, 0.6) is 0 Å². The van der Waals surface area contributed by atoms with Crippen LogP contribution >= 0.6 is 34.3 Å². The van der Waals surface area contributed by atoms with E-state index >= 15 is 0 Å². The van der Waals surface area contributed by atoms with Gasteiger partial charge in [0, 0.05) is 0 Å². The summed E-state index contributed by atoms with van der Waals surface area (Å²) in [7, 11) is 0. The molecule has 21 heavy (non-hydrogen) atoms. The SMILES string of the molecule is Cc1csc(-c2nc(CC(=O)O)c(-c3ccc(Cl)s3)o2)c1. The van der Waals surface area contributed by atoms with Crippen molar-refractivity contribution < 1.29 is 14.3 Å². The highest BCUT2D eigenvalue weighted by molar-refractivity contribution is 7.19. The molecule has 0 radical (unpaired) electrons. The molecule has 3 aromatic rings. The summed E-state index contributed by atoms with van der Waals surface area (Å²) in [5.41, 5.74) is 1.54. The third-order valence-electron chi connectivity index (χ3n) is 2.75. The van der Waals surface area contributed by atoms with Gasteiger partial charge < -0.3 is 9.52 Å². The van der Waals surface area contributed by atoms with Crippen LogP contribution in [0.2, 0.25) is 4.34 Å². The summed E-state index contributed by atoms with van der Waals surface area (Å²) < 4.78 is 6.42. The Labute approximate surface area is 133 Å². The molecule has 3 aromatic heterocycles. The van der Waals surface area contributed by atoms with E-state index in [0.717, 1.165) is 15.3 Å². The Morgan fingerprint density at radius 2 is 2.24 bits per heavy atom. The largest absolute Gasteiger partial charge is 0.481 e. The number of carboxylic acids is 1. The topological polar surface area (TPSA) is 63.3 Å². The van der Waals surface area contributed by atoms with Crippen molar-refractivity contribution in [1.29, 1.82) is 0 Å². The van der Waals surface area contributed by atoms with Gasteiger partial charge >= 0.3 is 5.97 Å². The molecule has 0 aliphatic carbocycles. The van der Waals surface area contributed by atoms with Crippen molar-refractivity contribution >= 4 is 40.2 Å². The van der Waals surface area contributed by atoms with Gasteiger partial charge in [-0.1, -0.05) is 11.6 Å². The first-order valence-electron chi connectivity index (χ1n) is 6.05. The van der Waals surface area contributed by atoms with E-state index in [9.17, 15) is 4.79 Å². The summed E-state index contributed by atoms with van der Waals surface area (Å²) >= 11 is 8.79. The molecule has 0 aliphatic heterocycles. The van der Waals surface area contributed by atoms with Gasteiger partial charge in [-0.05, 0) is 36.1 Å². The van der Waals surface area contributed by atoms with Gasteiger partial charge in [0.25, 0.3) is 0 Å². The first-order valence-corrected chi connectivity index (χ1v) is 8.13. The van der Waals surface area contributed by atoms with E-state index in [1.807, 2.05) is 24.4 Å². The third kappa shape index (κ3) is 3.02. The molecule has 0 unspecified atom stereocenters. The minimum atomic E-state index is -0.943. The maximum atomic E-state index is 11.0. The maximum absolute atomic E-state index is 11.0. The smallest absolute Gasteiger partial charge is 0.309 e.